The molecule has 0 bridgehead atoms. The first kappa shape index (κ1) is 24.0. The molecule has 43 heavy (non-hydrogen) atoms. The Kier molecular flexibility index (Phi) is 5.27. The Morgan fingerprint density at radius 3 is 1.58 bits per heavy atom. The van der Waals surface area contributed by atoms with E-state index in [0.29, 0.717) is 0 Å². The predicted molar refractivity (Wildman–Crippen MR) is 183 cm³/mol. The quantitative estimate of drug-likeness (QED) is 0.201. The number of benzene rings is 8. The molecule has 0 atom stereocenters. The molecular weight excluding hydrogens is 520 g/mol. The molecule has 0 saturated heterocycles. The maximum atomic E-state index is 6.34. The van der Waals surface area contributed by atoms with Gasteiger partial charge in [0.15, 0.2) is 0 Å². The van der Waals surface area contributed by atoms with E-state index in [0.717, 1.165) is 27.5 Å². The predicted octanol–water partition coefficient (Wildman–Crippen LogP) is 12.0. The molecule has 0 aliphatic rings. The molecule has 0 unspecified atom stereocenters. The lowest BCUT2D eigenvalue weighted by molar-refractivity contribution is 0.669. The van der Waals surface area contributed by atoms with Crippen molar-refractivity contribution in [3.8, 4) is 33.4 Å². The van der Waals surface area contributed by atoms with Crippen molar-refractivity contribution in [2.24, 2.45) is 0 Å². The minimum atomic E-state index is 0.914. The first-order valence-corrected chi connectivity index (χ1v) is 14.8. The van der Waals surface area contributed by atoms with Gasteiger partial charge in [-0.3, -0.25) is 0 Å². The molecule has 1 aromatic heterocycles. The summed E-state index contributed by atoms with van der Waals surface area (Å²) in [5.41, 5.74) is 9.24. The first-order chi connectivity index (χ1) is 21.3. The van der Waals surface area contributed by atoms with Gasteiger partial charge in [0.25, 0.3) is 0 Å². The van der Waals surface area contributed by atoms with Crippen LogP contribution in [0.3, 0.4) is 0 Å². The number of furan rings is 1. The fourth-order valence-corrected chi connectivity index (χ4v) is 7.02. The van der Waals surface area contributed by atoms with Crippen LogP contribution >= 0.6 is 0 Å². The highest BCUT2D eigenvalue weighted by Gasteiger charge is 2.20. The number of para-hydroxylation sites is 1. The van der Waals surface area contributed by atoms with E-state index in [9.17, 15) is 0 Å². The van der Waals surface area contributed by atoms with Crippen LogP contribution in [0, 0.1) is 0 Å². The standard InChI is InChI=1S/C42H26O/c1-2-12-27(13-3-1)30-21-10-14-28-15-11-22-37(40(28)30)42-35-19-6-4-17-33(35)41(34-18-5-7-20-36(34)42)29-24-25-32-31-16-8-9-23-38(31)43-39(32)26-29/h1-26H. The third-order valence-electron chi connectivity index (χ3n) is 8.86. The van der Waals surface area contributed by atoms with Gasteiger partial charge in [-0.15, -0.1) is 0 Å². The third-order valence-corrected chi connectivity index (χ3v) is 8.86. The zero-order valence-electron chi connectivity index (χ0n) is 23.4. The summed E-state index contributed by atoms with van der Waals surface area (Å²) in [7, 11) is 0. The van der Waals surface area contributed by atoms with Crippen LogP contribution in [0.5, 0.6) is 0 Å². The SMILES string of the molecule is c1ccc(-c2cccc3cccc(-c4c5ccccc5c(-c5ccc6c(c5)oc5ccccc56)c5ccccc45)c23)cc1. The van der Waals surface area contributed by atoms with E-state index < -0.39 is 0 Å². The molecule has 9 aromatic rings. The summed E-state index contributed by atoms with van der Waals surface area (Å²) in [6.45, 7) is 0. The lowest BCUT2D eigenvalue weighted by Crippen LogP contribution is -1.92. The van der Waals surface area contributed by atoms with Gasteiger partial charge in [0.05, 0.1) is 0 Å². The summed E-state index contributed by atoms with van der Waals surface area (Å²) in [5.74, 6) is 0. The van der Waals surface area contributed by atoms with Gasteiger partial charge in [-0.1, -0.05) is 140 Å². The van der Waals surface area contributed by atoms with E-state index in [4.69, 9.17) is 4.42 Å². The summed E-state index contributed by atoms with van der Waals surface area (Å²) in [6.07, 6.45) is 0. The number of rotatable bonds is 3. The number of hydrogen-bond acceptors (Lipinski definition) is 1. The average molecular weight is 547 g/mol. The van der Waals surface area contributed by atoms with Crippen molar-refractivity contribution in [1.29, 1.82) is 0 Å². The fourth-order valence-electron chi connectivity index (χ4n) is 7.02. The van der Waals surface area contributed by atoms with E-state index in [2.05, 4.69) is 146 Å². The molecule has 0 saturated carbocycles. The Bertz CT molecular complexity index is 2440. The Morgan fingerprint density at radius 1 is 0.326 bits per heavy atom. The van der Waals surface area contributed by atoms with Crippen LogP contribution in [0.25, 0.3) is 87.6 Å². The fraction of sp³-hybridized carbons (Fsp3) is 0. The van der Waals surface area contributed by atoms with Gasteiger partial charge >= 0.3 is 0 Å². The van der Waals surface area contributed by atoms with Crippen LogP contribution in [0.1, 0.15) is 0 Å². The Balaban J connectivity index is 1.40. The van der Waals surface area contributed by atoms with Crippen LogP contribution in [-0.4, -0.2) is 0 Å². The van der Waals surface area contributed by atoms with Gasteiger partial charge in [0.2, 0.25) is 0 Å². The van der Waals surface area contributed by atoms with Crippen molar-refractivity contribution in [2.75, 3.05) is 0 Å². The number of fused-ring (bicyclic) bond motifs is 6. The van der Waals surface area contributed by atoms with Crippen molar-refractivity contribution in [3.63, 3.8) is 0 Å². The van der Waals surface area contributed by atoms with E-state index in [1.54, 1.807) is 0 Å². The second-order valence-electron chi connectivity index (χ2n) is 11.2. The molecule has 0 spiro atoms. The van der Waals surface area contributed by atoms with Gasteiger partial charge < -0.3 is 4.42 Å². The second-order valence-corrected chi connectivity index (χ2v) is 11.2. The maximum Gasteiger partial charge on any atom is 0.136 e. The van der Waals surface area contributed by atoms with Crippen LogP contribution < -0.4 is 0 Å². The minimum absolute atomic E-state index is 0.914. The van der Waals surface area contributed by atoms with E-state index in [-0.39, 0.29) is 0 Å². The largest absolute Gasteiger partial charge is 0.456 e. The Labute approximate surface area is 249 Å². The molecule has 1 nitrogen and oxygen atoms in total. The van der Waals surface area contributed by atoms with E-state index in [1.807, 2.05) is 12.1 Å². The zero-order valence-corrected chi connectivity index (χ0v) is 23.4. The highest BCUT2D eigenvalue weighted by Crippen LogP contribution is 2.47. The molecule has 200 valence electrons. The molecule has 0 amide bonds. The Morgan fingerprint density at radius 2 is 0.884 bits per heavy atom. The highest BCUT2D eigenvalue weighted by atomic mass is 16.3. The average Bonchev–Trinajstić information content (AvgIpc) is 3.45. The maximum absolute atomic E-state index is 6.34. The van der Waals surface area contributed by atoms with Crippen molar-refractivity contribution < 1.29 is 4.42 Å². The van der Waals surface area contributed by atoms with Gasteiger partial charge in [0.1, 0.15) is 11.2 Å². The van der Waals surface area contributed by atoms with E-state index >= 15 is 0 Å². The highest BCUT2D eigenvalue weighted by molar-refractivity contribution is 6.25. The van der Waals surface area contributed by atoms with Gasteiger partial charge in [-0.05, 0) is 83.9 Å². The van der Waals surface area contributed by atoms with Gasteiger partial charge in [-0.2, -0.15) is 0 Å². The second kappa shape index (κ2) is 9.44. The normalized spacial score (nSPS) is 11.7. The molecule has 0 radical (unpaired) electrons. The monoisotopic (exact) mass is 546 g/mol. The molecule has 8 aromatic carbocycles. The van der Waals surface area contributed by atoms with Crippen molar-refractivity contribution in [1.82, 2.24) is 0 Å². The van der Waals surface area contributed by atoms with Crippen LogP contribution in [0.4, 0.5) is 0 Å². The molecule has 0 N–H and O–H groups in total. The lowest BCUT2D eigenvalue weighted by atomic mass is 9.83. The molecule has 9 rings (SSSR count). The molecule has 0 aliphatic heterocycles. The topological polar surface area (TPSA) is 13.1 Å². The molecule has 1 heteroatoms. The van der Waals surface area contributed by atoms with Crippen LogP contribution in [-0.2, 0) is 0 Å². The van der Waals surface area contributed by atoms with Gasteiger partial charge in [-0.25, -0.2) is 0 Å². The van der Waals surface area contributed by atoms with E-state index in [1.165, 1.54) is 60.1 Å². The lowest BCUT2D eigenvalue weighted by Gasteiger charge is -2.20. The van der Waals surface area contributed by atoms with Crippen molar-refractivity contribution in [2.45, 2.75) is 0 Å². The minimum Gasteiger partial charge on any atom is -0.456 e. The van der Waals surface area contributed by atoms with Gasteiger partial charge in [0, 0.05) is 10.8 Å². The van der Waals surface area contributed by atoms with Crippen molar-refractivity contribution in [3.05, 3.63) is 158 Å². The summed E-state index contributed by atoms with van der Waals surface area (Å²) in [5, 5.41) is 9.79. The summed E-state index contributed by atoms with van der Waals surface area (Å²) < 4.78 is 6.34. The first-order valence-electron chi connectivity index (χ1n) is 14.8. The number of hydrogen-bond donors (Lipinski definition) is 0. The third kappa shape index (κ3) is 3.65. The smallest absolute Gasteiger partial charge is 0.136 e. The van der Waals surface area contributed by atoms with Crippen LogP contribution in [0.2, 0.25) is 0 Å². The molecule has 0 fully saturated rings. The zero-order chi connectivity index (χ0) is 28.3. The molecular formula is C42H26O. The van der Waals surface area contributed by atoms with Crippen LogP contribution in [0.15, 0.2) is 162 Å². The molecule has 1 heterocycles. The summed E-state index contributed by atoms with van der Waals surface area (Å²) >= 11 is 0. The molecule has 0 aliphatic carbocycles. The Hall–Kier alpha value is -5.66. The summed E-state index contributed by atoms with van der Waals surface area (Å²) in [6, 6.07) is 56.8. The van der Waals surface area contributed by atoms with Crippen molar-refractivity contribution >= 4 is 54.3 Å². The summed E-state index contributed by atoms with van der Waals surface area (Å²) in [4.78, 5) is 0.